The zero-order valence-corrected chi connectivity index (χ0v) is 14.6. The van der Waals surface area contributed by atoms with Crippen molar-refractivity contribution in [2.75, 3.05) is 13.1 Å². The second-order valence-electron chi connectivity index (χ2n) is 6.78. The largest absolute Gasteiger partial charge is 0.358 e. The van der Waals surface area contributed by atoms with E-state index in [1.54, 1.807) is 6.92 Å². The second kappa shape index (κ2) is 6.35. The van der Waals surface area contributed by atoms with Gasteiger partial charge in [0.15, 0.2) is 5.82 Å². The molecule has 0 aliphatic carbocycles. The van der Waals surface area contributed by atoms with Gasteiger partial charge in [-0.3, -0.25) is 4.79 Å². The summed E-state index contributed by atoms with van der Waals surface area (Å²) in [6.45, 7) is 5.34. The predicted molar refractivity (Wildman–Crippen MR) is 94.3 cm³/mol. The maximum Gasteiger partial charge on any atom is 0.227 e. The van der Waals surface area contributed by atoms with E-state index >= 15 is 0 Å². The van der Waals surface area contributed by atoms with Crippen molar-refractivity contribution in [2.45, 2.75) is 39.0 Å². The first-order valence-corrected chi connectivity index (χ1v) is 8.76. The molecular weight excluding hydrogens is 316 g/mol. The van der Waals surface area contributed by atoms with Gasteiger partial charge in [-0.1, -0.05) is 23.4 Å². The number of H-pyrrole nitrogens is 1. The first-order valence-electron chi connectivity index (χ1n) is 8.76. The molecule has 1 amide bonds. The predicted octanol–water partition coefficient (Wildman–Crippen LogP) is 3.12. The van der Waals surface area contributed by atoms with Gasteiger partial charge in [0.25, 0.3) is 0 Å². The van der Waals surface area contributed by atoms with Crippen LogP contribution in [-0.2, 0) is 11.2 Å². The van der Waals surface area contributed by atoms with Gasteiger partial charge in [-0.2, -0.15) is 4.98 Å². The number of rotatable bonds is 3. The molecule has 0 bridgehead atoms. The Morgan fingerprint density at radius 2 is 2.04 bits per heavy atom. The molecule has 130 valence electrons. The molecule has 0 spiro atoms. The highest BCUT2D eigenvalue weighted by Crippen LogP contribution is 2.27. The molecule has 0 unspecified atom stereocenters. The molecule has 4 rings (SSSR count). The molecule has 1 aromatic carbocycles. The summed E-state index contributed by atoms with van der Waals surface area (Å²) in [6.07, 6.45) is 2.22. The van der Waals surface area contributed by atoms with E-state index in [4.69, 9.17) is 4.52 Å². The lowest BCUT2D eigenvalue weighted by Crippen LogP contribution is -2.39. The molecule has 3 heterocycles. The average molecular weight is 338 g/mol. The minimum absolute atomic E-state index is 0.190. The van der Waals surface area contributed by atoms with Crippen molar-refractivity contribution >= 4 is 16.8 Å². The van der Waals surface area contributed by atoms with Crippen LogP contribution in [0.5, 0.6) is 0 Å². The molecule has 0 saturated carbocycles. The number of aromatic nitrogens is 3. The molecular formula is C19H22N4O2. The van der Waals surface area contributed by atoms with Crippen molar-refractivity contribution in [1.29, 1.82) is 0 Å². The van der Waals surface area contributed by atoms with E-state index in [0.717, 1.165) is 53.9 Å². The summed E-state index contributed by atoms with van der Waals surface area (Å²) in [6, 6.07) is 8.15. The number of piperidine rings is 1. The number of nitrogens with zero attached hydrogens (tertiary/aromatic N) is 3. The lowest BCUT2D eigenvalue weighted by molar-refractivity contribution is -0.131. The lowest BCUT2D eigenvalue weighted by atomic mass is 9.95. The minimum atomic E-state index is 0.190. The van der Waals surface area contributed by atoms with Crippen molar-refractivity contribution < 1.29 is 9.32 Å². The lowest BCUT2D eigenvalue weighted by Gasteiger charge is -2.30. The molecule has 1 aliphatic heterocycles. The molecule has 6 heteroatoms. The van der Waals surface area contributed by atoms with E-state index < -0.39 is 0 Å². The van der Waals surface area contributed by atoms with E-state index in [-0.39, 0.29) is 11.8 Å². The third-order valence-electron chi connectivity index (χ3n) is 5.11. The summed E-state index contributed by atoms with van der Waals surface area (Å²) in [4.78, 5) is 22.4. The van der Waals surface area contributed by atoms with Crippen LogP contribution in [0.15, 0.2) is 28.8 Å². The van der Waals surface area contributed by atoms with Crippen LogP contribution in [0.2, 0.25) is 0 Å². The van der Waals surface area contributed by atoms with Gasteiger partial charge in [0.1, 0.15) is 0 Å². The van der Waals surface area contributed by atoms with Gasteiger partial charge in [0, 0.05) is 42.5 Å². The Bertz CT molecular complexity index is 903. The molecule has 6 nitrogen and oxygen atoms in total. The molecule has 3 aromatic rings. The van der Waals surface area contributed by atoms with Crippen LogP contribution in [0, 0.1) is 13.8 Å². The highest BCUT2D eigenvalue weighted by Gasteiger charge is 2.27. The highest BCUT2D eigenvalue weighted by atomic mass is 16.5. The van der Waals surface area contributed by atoms with E-state index in [9.17, 15) is 4.79 Å². The highest BCUT2D eigenvalue weighted by molar-refractivity contribution is 5.90. The number of carbonyl (C=O) groups is 1. The molecule has 0 radical (unpaired) electrons. The standard InChI is InChI=1S/C19H22N4O2/c1-12-16(15-5-3-4-6-17(15)20-12)11-18(24)23-9-7-14(8-10-23)19-21-13(2)25-22-19/h3-6,14,20H,7-11H2,1-2H3. The Labute approximate surface area is 146 Å². The van der Waals surface area contributed by atoms with Gasteiger partial charge in [0.05, 0.1) is 6.42 Å². The number of benzene rings is 1. The van der Waals surface area contributed by atoms with Crippen LogP contribution >= 0.6 is 0 Å². The SMILES string of the molecule is Cc1nc(C2CCN(C(=O)Cc3c(C)[nH]c4ccccc34)CC2)no1. The molecule has 1 fully saturated rings. The van der Waals surface area contributed by atoms with Crippen molar-refractivity contribution in [3.63, 3.8) is 0 Å². The molecule has 1 saturated heterocycles. The number of likely N-dealkylation sites (tertiary alicyclic amines) is 1. The number of carbonyl (C=O) groups excluding carboxylic acids is 1. The van der Waals surface area contributed by atoms with Gasteiger partial charge in [-0.05, 0) is 31.4 Å². The van der Waals surface area contributed by atoms with Gasteiger partial charge in [-0.15, -0.1) is 0 Å². The number of hydrogen-bond acceptors (Lipinski definition) is 4. The van der Waals surface area contributed by atoms with Crippen LogP contribution in [0.3, 0.4) is 0 Å². The Balaban J connectivity index is 1.43. The molecule has 1 N–H and O–H groups in total. The Kier molecular flexibility index (Phi) is 4.03. The summed E-state index contributed by atoms with van der Waals surface area (Å²) in [7, 11) is 0. The summed E-state index contributed by atoms with van der Waals surface area (Å²) < 4.78 is 5.07. The molecule has 2 aromatic heterocycles. The van der Waals surface area contributed by atoms with Crippen LogP contribution in [-0.4, -0.2) is 39.0 Å². The summed E-state index contributed by atoms with van der Waals surface area (Å²) in [5.41, 5.74) is 3.28. The zero-order chi connectivity index (χ0) is 17.4. The summed E-state index contributed by atoms with van der Waals surface area (Å²) in [5.74, 6) is 1.85. The van der Waals surface area contributed by atoms with Crippen molar-refractivity contribution in [3.8, 4) is 0 Å². The quantitative estimate of drug-likeness (QED) is 0.796. The third-order valence-corrected chi connectivity index (χ3v) is 5.11. The van der Waals surface area contributed by atoms with E-state index in [1.165, 1.54) is 0 Å². The Hall–Kier alpha value is -2.63. The molecule has 25 heavy (non-hydrogen) atoms. The Morgan fingerprint density at radius 1 is 1.28 bits per heavy atom. The number of nitrogens with one attached hydrogen (secondary N) is 1. The zero-order valence-electron chi connectivity index (χ0n) is 14.6. The normalized spacial score (nSPS) is 15.8. The number of fused-ring (bicyclic) bond motifs is 1. The topological polar surface area (TPSA) is 75.0 Å². The van der Waals surface area contributed by atoms with Crippen molar-refractivity contribution in [3.05, 3.63) is 47.2 Å². The van der Waals surface area contributed by atoms with Crippen LogP contribution in [0.1, 0.15) is 41.7 Å². The fourth-order valence-corrected chi connectivity index (χ4v) is 3.69. The minimum Gasteiger partial charge on any atom is -0.358 e. The number of aryl methyl sites for hydroxylation is 2. The molecule has 1 aliphatic rings. The number of para-hydroxylation sites is 1. The maximum absolute atomic E-state index is 12.8. The fourth-order valence-electron chi connectivity index (χ4n) is 3.69. The summed E-state index contributed by atoms with van der Waals surface area (Å²) >= 11 is 0. The number of amides is 1. The van der Waals surface area contributed by atoms with Gasteiger partial charge in [-0.25, -0.2) is 0 Å². The van der Waals surface area contributed by atoms with Gasteiger partial charge in [0.2, 0.25) is 11.8 Å². The molecule has 0 atom stereocenters. The van der Waals surface area contributed by atoms with E-state index in [0.29, 0.717) is 12.3 Å². The van der Waals surface area contributed by atoms with E-state index in [2.05, 4.69) is 27.3 Å². The van der Waals surface area contributed by atoms with Crippen LogP contribution < -0.4 is 0 Å². The van der Waals surface area contributed by atoms with Crippen LogP contribution in [0.25, 0.3) is 10.9 Å². The van der Waals surface area contributed by atoms with Crippen LogP contribution in [0.4, 0.5) is 0 Å². The van der Waals surface area contributed by atoms with Gasteiger partial charge < -0.3 is 14.4 Å². The Morgan fingerprint density at radius 3 is 2.76 bits per heavy atom. The first-order chi connectivity index (χ1) is 12.1. The van der Waals surface area contributed by atoms with Crippen molar-refractivity contribution in [1.82, 2.24) is 20.0 Å². The average Bonchev–Trinajstić information content (AvgIpc) is 3.19. The first kappa shape index (κ1) is 15.9. The van der Waals surface area contributed by atoms with Crippen molar-refractivity contribution in [2.24, 2.45) is 0 Å². The number of hydrogen-bond donors (Lipinski definition) is 1. The monoisotopic (exact) mass is 338 g/mol. The fraction of sp³-hybridized carbons (Fsp3) is 0.421. The van der Waals surface area contributed by atoms with E-state index in [1.807, 2.05) is 24.0 Å². The second-order valence-corrected chi connectivity index (χ2v) is 6.78. The number of aromatic amines is 1. The third kappa shape index (κ3) is 3.04. The van der Waals surface area contributed by atoms with Gasteiger partial charge >= 0.3 is 0 Å². The smallest absolute Gasteiger partial charge is 0.227 e. The maximum atomic E-state index is 12.8. The summed E-state index contributed by atoms with van der Waals surface area (Å²) in [5, 5.41) is 5.17.